The lowest BCUT2D eigenvalue weighted by molar-refractivity contribution is 0.507. The van der Waals surface area contributed by atoms with Gasteiger partial charge in [-0.2, -0.15) is 0 Å². The highest BCUT2D eigenvalue weighted by molar-refractivity contribution is 5.85. The van der Waals surface area contributed by atoms with E-state index < -0.39 is 0 Å². The number of fused-ring (bicyclic) bond motifs is 1. The predicted octanol–water partition coefficient (Wildman–Crippen LogP) is 3.85. The van der Waals surface area contributed by atoms with Crippen LogP contribution in [0.4, 0.5) is 11.5 Å². The third-order valence-corrected chi connectivity index (χ3v) is 3.98. The van der Waals surface area contributed by atoms with Crippen LogP contribution in [-0.4, -0.2) is 23.2 Å². The summed E-state index contributed by atoms with van der Waals surface area (Å²) in [5.41, 5.74) is 9.62. The Hall–Kier alpha value is -2.49. The minimum atomic E-state index is 0.229. The lowest BCUT2D eigenvalue weighted by Crippen LogP contribution is -2.29. The molecular weight excluding hydrogens is 274 g/mol. The maximum absolute atomic E-state index is 10.2. The standard InChI is InChI=1S/C18H21N3O/c1-2-3-10-21-11-9-16(22)17-15(21)12-14(20-18(17)19)13-7-5-4-6-8-13/h4-9,12,22H,2-3,10-11H2,1H3,(H2,19,20). The van der Waals surface area contributed by atoms with Crippen molar-refractivity contribution in [3.8, 4) is 11.3 Å². The van der Waals surface area contributed by atoms with E-state index in [1.54, 1.807) is 6.08 Å². The summed E-state index contributed by atoms with van der Waals surface area (Å²) in [6.07, 6.45) is 4.04. The number of unbranched alkanes of at least 4 members (excludes halogenated alkanes) is 1. The maximum Gasteiger partial charge on any atom is 0.137 e. The molecule has 2 heterocycles. The van der Waals surface area contributed by atoms with Crippen molar-refractivity contribution in [2.75, 3.05) is 23.7 Å². The second kappa shape index (κ2) is 6.10. The first kappa shape index (κ1) is 14.4. The van der Waals surface area contributed by atoms with Gasteiger partial charge in [-0.1, -0.05) is 43.7 Å². The lowest BCUT2D eigenvalue weighted by Gasteiger charge is -2.30. The molecule has 22 heavy (non-hydrogen) atoms. The molecule has 1 aliphatic rings. The fourth-order valence-corrected chi connectivity index (χ4v) is 2.78. The van der Waals surface area contributed by atoms with Gasteiger partial charge in [0.2, 0.25) is 0 Å². The van der Waals surface area contributed by atoms with E-state index in [4.69, 9.17) is 5.73 Å². The van der Waals surface area contributed by atoms with Crippen molar-refractivity contribution >= 4 is 17.3 Å². The van der Waals surface area contributed by atoms with Crippen LogP contribution in [0.3, 0.4) is 0 Å². The largest absolute Gasteiger partial charge is 0.507 e. The molecule has 0 saturated heterocycles. The van der Waals surface area contributed by atoms with Crippen molar-refractivity contribution in [3.05, 3.63) is 48.0 Å². The first-order valence-corrected chi connectivity index (χ1v) is 7.71. The highest BCUT2D eigenvalue weighted by Gasteiger charge is 2.22. The molecule has 0 atom stereocenters. The molecule has 1 aromatic carbocycles. The normalized spacial score (nSPS) is 13.7. The third-order valence-electron chi connectivity index (χ3n) is 3.98. The Labute approximate surface area is 130 Å². The summed E-state index contributed by atoms with van der Waals surface area (Å²) in [5.74, 6) is 0.610. The number of rotatable bonds is 4. The predicted molar refractivity (Wildman–Crippen MR) is 91.8 cm³/mol. The van der Waals surface area contributed by atoms with Crippen molar-refractivity contribution in [2.45, 2.75) is 19.8 Å². The minimum Gasteiger partial charge on any atom is -0.507 e. The van der Waals surface area contributed by atoms with E-state index in [-0.39, 0.29) is 5.76 Å². The molecule has 3 N–H and O–H groups in total. The van der Waals surface area contributed by atoms with E-state index in [2.05, 4.69) is 16.8 Å². The highest BCUT2D eigenvalue weighted by atomic mass is 16.3. The van der Waals surface area contributed by atoms with Crippen LogP contribution in [0, 0.1) is 0 Å². The van der Waals surface area contributed by atoms with Crippen molar-refractivity contribution in [2.24, 2.45) is 0 Å². The number of benzene rings is 1. The zero-order chi connectivity index (χ0) is 15.5. The van der Waals surface area contributed by atoms with Crippen LogP contribution in [0.2, 0.25) is 0 Å². The number of nitrogens with zero attached hydrogens (tertiary/aromatic N) is 2. The van der Waals surface area contributed by atoms with Crippen molar-refractivity contribution in [3.63, 3.8) is 0 Å². The monoisotopic (exact) mass is 295 g/mol. The molecule has 0 unspecified atom stereocenters. The van der Waals surface area contributed by atoms with Gasteiger partial charge in [-0.3, -0.25) is 0 Å². The molecule has 0 saturated carbocycles. The minimum absolute atomic E-state index is 0.229. The Kier molecular flexibility index (Phi) is 4.00. The number of nitrogens with two attached hydrogens (primary N) is 1. The summed E-state index contributed by atoms with van der Waals surface area (Å²) in [5, 5.41) is 10.2. The van der Waals surface area contributed by atoms with Crippen molar-refractivity contribution < 1.29 is 5.11 Å². The molecular formula is C18H21N3O. The Morgan fingerprint density at radius 2 is 2.05 bits per heavy atom. The lowest BCUT2D eigenvalue weighted by atomic mass is 10.0. The summed E-state index contributed by atoms with van der Waals surface area (Å²) in [6, 6.07) is 12.0. The van der Waals surface area contributed by atoms with Gasteiger partial charge in [0, 0.05) is 18.7 Å². The van der Waals surface area contributed by atoms with E-state index >= 15 is 0 Å². The van der Waals surface area contributed by atoms with E-state index in [1.807, 2.05) is 36.4 Å². The molecule has 114 valence electrons. The van der Waals surface area contributed by atoms with Crippen LogP contribution in [0.1, 0.15) is 25.3 Å². The Bertz CT molecular complexity index is 695. The smallest absolute Gasteiger partial charge is 0.137 e. The molecule has 4 heteroatoms. The Balaban J connectivity index is 2.08. The van der Waals surface area contributed by atoms with Crippen LogP contribution in [0.25, 0.3) is 17.0 Å². The number of hydrogen-bond acceptors (Lipinski definition) is 4. The summed E-state index contributed by atoms with van der Waals surface area (Å²) >= 11 is 0. The van der Waals surface area contributed by atoms with Gasteiger partial charge in [0.1, 0.15) is 11.6 Å². The Morgan fingerprint density at radius 3 is 2.77 bits per heavy atom. The van der Waals surface area contributed by atoms with Crippen LogP contribution in [-0.2, 0) is 0 Å². The SMILES string of the molecule is CCCCN1CC=C(O)c2c1cc(-c1ccccc1)nc2N. The first-order valence-electron chi connectivity index (χ1n) is 7.71. The molecule has 3 rings (SSSR count). The van der Waals surface area contributed by atoms with Gasteiger partial charge in [-0.25, -0.2) is 4.98 Å². The fraction of sp³-hybridized carbons (Fsp3) is 0.278. The summed E-state index contributed by atoms with van der Waals surface area (Å²) in [7, 11) is 0. The molecule has 0 aliphatic carbocycles. The average Bonchev–Trinajstić information content (AvgIpc) is 2.54. The molecule has 0 spiro atoms. The van der Waals surface area contributed by atoms with Crippen LogP contribution >= 0.6 is 0 Å². The number of pyridine rings is 1. The number of aliphatic hydroxyl groups excluding tert-OH is 1. The number of aliphatic hydroxyl groups is 1. The zero-order valence-corrected chi connectivity index (χ0v) is 12.8. The topological polar surface area (TPSA) is 62.4 Å². The molecule has 1 aliphatic heterocycles. The van der Waals surface area contributed by atoms with Gasteiger partial charge >= 0.3 is 0 Å². The van der Waals surface area contributed by atoms with Gasteiger partial charge in [-0.05, 0) is 18.6 Å². The van der Waals surface area contributed by atoms with Crippen molar-refractivity contribution in [1.29, 1.82) is 0 Å². The quantitative estimate of drug-likeness (QED) is 0.899. The summed E-state index contributed by atoms with van der Waals surface area (Å²) in [6.45, 7) is 3.83. The van der Waals surface area contributed by atoms with Gasteiger partial charge in [0.25, 0.3) is 0 Å². The van der Waals surface area contributed by atoms with E-state index in [0.717, 1.165) is 36.3 Å². The number of anilines is 2. The molecule has 0 radical (unpaired) electrons. The molecule has 2 aromatic rings. The van der Waals surface area contributed by atoms with Gasteiger partial charge in [0.15, 0.2) is 0 Å². The van der Waals surface area contributed by atoms with E-state index in [1.165, 1.54) is 0 Å². The summed E-state index contributed by atoms with van der Waals surface area (Å²) in [4.78, 5) is 6.73. The molecule has 0 amide bonds. The number of nitrogen functional groups attached to an aromatic ring is 1. The molecule has 1 aromatic heterocycles. The zero-order valence-electron chi connectivity index (χ0n) is 12.8. The number of hydrogen-bond donors (Lipinski definition) is 2. The summed E-state index contributed by atoms with van der Waals surface area (Å²) < 4.78 is 0. The van der Waals surface area contributed by atoms with E-state index in [0.29, 0.717) is 17.9 Å². The van der Waals surface area contributed by atoms with Crippen LogP contribution < -0.4 is 10.6 Å². The fourth-order valence-electron chi connectivity index (χ4n) is 2.78. The molecule has 4 nitrogen and oxygen atoms in total. The van der Waals surface area contributed by atoms with Gasteiger partial charge in [-0.15, -0.1) is 0 Å². The van der Waals surface area contributed by atoms with E-state index in [9.17, 15) is 5.11 Å². The van der Waals surface area contributed by atoms with Crippen molar-refractivity contribution in [1.82, 2.24) is 4.98 Å². The van der Waals surface area contributed by atoms with Gasteiger partial charge in [0.05, 0.1) is 16.9 Å². The second-order valence-corrected chi connectivity index (χ2v) is 5.54. The second-order valence-electron chi connectivity index (χ2n) is 5.54. The average molecular weight is 295 g/mol. The number of aromatic nitrogens is 1. The van der Waals surface area contributed by atoms with Gasteiger partial charge < -0.3 is 15.7 Å². The van der Waals surface area contributed by atoms with Crippen LogP contribution in [0.15, 0.2) is 42.5 Å². The third kappa shape index (κ3) is 2.64. The molecule has 0 fully saturated rings. The highest BCUT2D eigenvalue weighted by Crippen LogP contribution is 2.36. The Morgan fingerprint density at radius 1 is 1.27 bits per heavy atom. The first-order chi connectivity index (χ1) is 10.7. The maximum atomic E-state index is 10.2. The molecule has 0 bridgehead atoms. The van der Waals surface area contributed by atoms with Crippen LogP contribution in [0.5, 0.6) is 0 Å².